The second-order valence-corrected chi connectivity index (χ2v) is 15.3. The summed E-state index contributed by atoms with van der Waals surface area (Å²) < 4.78 is 11.5. The van der Waals surface area contributed by atoms with Gasteiger partial charge in [-0.3, -0.25) is 9.59 Å². The minimum absolute atomic E-state index is 0.0475. The normalized spacial score (nSPS) is 43.4. The number of hydrogen-bond donors (Lipinski definition) is 2. The minimum Gasteiger partial charge on any atom is -0.462 e. The average Bonchev–Trinajstić information content (AvgIpc) is 3.21. The third-order valence-electron chi connectivity index (χ3n) is 12.0. The van der Waals surface area contributed by atoms with Crippen molar-refractivity contribution < 1.29 is 29.3 Å². The van der Waals surface area contributed by atoms with E-state index in [1.54, 1.807) is 0 Å². The van der Waals surface area contributed by atoms with Gasteiger partial charge >= 0.3 is 11.9 Å². The van der Waals surface area contributed by atoms with E-state index in [1.807, 2.05) is 34.6 Å². The SMILES string of the molecule is CCC(C)C(=O)OC1CC[C@@]2(C)C(C1)CC(O)C1C2CC(O)[C@]2(C)C(C(C)CCC(=O)OC(C)(C)C)CCC12. The van der Waals surface area contributed by atoms with Gasteiger partial charge in [0, 0.05) is 6.42 Å². The smallest absolute Gasteiger partial charge is 0.308 e. The Kier molecular flexibility index (Phi) is 8.90. The van der Waals surface area contributed by atoms with Crippen LogP contribution in [0.3, 0.4) is 0 Å². The lowest BCUT2D eigenvalue weighted by Crippen LogP contribution is -2.62. The highest BCUT2D eigenvalue weighted by Gasteiger charge is 2.65. The van der Waals surface area contributed by atoms with Gasteiger partial charge in [0.15, 0.2) is 0 Å². The molecule has 4 rings (SSSR count). The van der Waals surface area contributed by atoms with Gasteiger partial charge < -0.3 is 19.7 Å². The number of rotatable bonds is 7. The summed E-state index contributed by atoms with van der Waals surface area (Å²) >= 11 is 0. The van der Waals surface area contributed by atoms with Crippen molar-refractivity contribution in [3.8, 4) is 0 Å². The molecule has 4 saturated carbocycles. The molecule has 0 radical (unpaired) electrons. The number of carbonyl (C=O) groups is 2. The summed E-state index contributed by atoms with van der Waals surface area (Å²) in [4.78, 5) is 24.9. The third-order valence-corrected chi connectivity index (χ3v) is 12.0. The first kappa shape index (κ1) is 30.8. The fraction of sp³-hybridized carbons (Fsp3) is 0.939. The number of hydrogen-bond acceptors (Lipinski definition) is 6. The zero-order valence-corrected chi connectivity index (χ0v) is 25.9. The molecule has 0 amide bonds. The van der Waals surface area contributed by atoms with Gasteiger partial charge in [-0.15, -0.1) is 0 Å². The van der Waals surface area contributed by atoms with E-state index < -0.39 is 11.7 Å². The molecule has 0 saturated heterocycles. The van der Waals surface area contributed by atoms with Gasteiger partial charge in [0.25, 0.3) is 0 Å². The van der Waals surface area contributed by atoms with Gasteiger partial charge in [-0.05, 0) is 125 Å². The van der Waals surface area contributed by atoms with Crippen LogP contribution in [0.25, 0.3) is 0 Å². The standard InChI is InChI=1S/C33H56O6/c1-9-19(2)30(37)38-22-14-15-32(7)21(16-22)17-26(34)29-24-12-11-23(33(24,8)27(35)18-25(29)32)20(3)10-13-28(36)39-31(4,5)6/h19-27,29,34-35H,9-18H2,1-8H3/t19?,20?,21?,22?,23?,24?,25?,26?,27?,29?,32-,33+/m0/s1. The van der Waals surface area contributed by atoms with Gasteiger partial charge in [-0.25, -0.2) is 0 Å². The summed E-state index contributed by atoms with van der Waals surface area (Å²) in [5.41, 5.74) is -0.674. The van der Waals surface area contributed by atoms with Gasteiger partial charge in [-0.1, -0.05) is 34.6 Å². The van der Waals surface area contributed by atoms with E-state index in [4.69, 9.17) is 9.47 Å². The molecular formula is C33H56O6. The molecule has 6 nitrogen and oxygen atoms in total. The van der Waals surface area contributed by atoms with Gasteiger partial charge in [0.2, 0.25) is 0 Å². The second kappa shape index (κ2) is 11.3. The summed E-state index contributed by atoms with van der Waals surface area (Å²) in [7, 11) is 0. The Hall–Kier alpha value is -1.14. The highest BCUT2D eigenvalue weighted by atomic mass is 16.6. The number of esters is 2. The first-order valence-electron chi connectivity index (χ1n) is 15.9. The molecule has 4 fully saturated rings. The molecule has 10 unspecified atom stereocenters. The second-order valence-electron chi connectivity index (χ2n) is 15.3. The van der Waals surface area contributed by atoms with E-state index in [2.05, 4.69) is 20.8 Å². The summed E-state index contributed by atoms with van der Waals surface area (Å²) in [6.45, 7) is 16.5. The number of aliphatic hydroxyl groups is 2. The Morgan fingerprint density at radius 3 is 2.33 bits per heavy atom. The molecule has 0 aliphatic heterocycles. The average molecular weight is 549 g/mol. The Morgan fingerprint density at radius 2 is 1.69 bits per heavy atom. The Balaban J connectivity index is 1.46. The van der Waals surface area contributed by atoms with E-state index in [1.165, 1.54) is 0 Å². The van der Waals surface area contributed by atoms with Crippen molar-refractivity contribution in [2.75, 3.05) is 0 Å². The Morgan fingerprint density at radius 1 is 1.00 bits per heavy atom. The Labute approximate surface area is 237 Å². The molecule has 0 aromatic heterocycles. The van der Waals surface area contributed by atoms with Crippen molar-refractivity contribution in [1.82, 2.24) is 0 Å². The third kappa shape index (κ3) is 5.80. The van der Waals surface area contributed by atoms with Crippen molar-refractivity contribution in [2.45, 2.75) is 144 Å². The fourth-order valence-corrected chi connectivity index (χ4v) is 9.61. The van der Waals surface area contributed by atoms with Crippen molar-refractivity contribution >= 4 is 11.9 Å². The largest absolute Gasteiger partial charge is 0.462 e. The first-order chi connectivity index (χ1) is 18.1. The highest BCUT2D eigenvalue weighted by Crippen LogP contribution is 2.68. The van der Waals surface area contributed by atoms with Gasteiger partial charge in [0.05, 0.1) is 18.1 Å². The van der Waals surface area contributed by atoms with E-state index >= 15 is 0 Å². The lowest BCUT2D eigenvalue weighted by molar-refractivity contribution is -0.210. The molecule has 4 aliphatic carbocycles. The molecule has 224 valence electrons. The summed E-state index contributed by atoms with van der Waals surface area (Å²) in [5, 5.41) is 23.5. The molecule has 0 spiro atoms. The number of fused-ring (bicyclic) bond motifs is 5. The van der Waals surface area contributed by atoms with Crippen LogP contribution in [-0.4, -0.2) is 46.1 Å². The molecule has 0 heterocycles. The number of aliphatic hydroxyl groups excluding tert-OH is 2. The molecule has 0 aromatic rings. The first-order valence-corrected chi connectivity index (χ1v) is 15.9. The predicted molar refractivity (Wildman–Crippen MR) is 152 cm³/mol. The van der Waals surface area contributed by atoms with Crippen LogP contribution in [0.4, 0.5) is 0 Å². The van der Waals surface area contributed by atoms with E-state index in [0.717, 1.165) is 57.8 Å². The molecule has 12 atom stereocenters. The molecule has 39 heavy (non-hydrogen) atoms. The van der Waals surface area contributed by atoms with Crippen molar-refractivity contribution in [1.29, 1.82) is 0 Å². The molecule has 4 aliphatic rings. The quantitative estimate of drug-likeness (QED) is 0.363. The van der Waals surface area contributed by atoms with Crippen LogP contribution in [0.5, 0.6) is 0 Å². The summed E-state index contributed by atoms with van der Waals surface area (Å²) in [6, 6.07) is 0. The van der Waals surface area contributed by atoms with Crippen molar-refractivity contribution in [3.63, 3.8) is 0 Å². The molecule has 2 N–H and O–H groups in total. The van der Waals surface area contributed by atoms with Gasteiger partial charge in [-0.2, -0.15) is 0 Å². The van der Waals surface area contributed by atoms with Crippen LogP contribution in [0.2, 0.25) is 0 Å². The van der Waals surface area contributed by atoms with E-state index in [9.17, 15) is 19.8 Å². The predicted octanol–water partition coefficient (Wildman–Crippen LogP) is 6.30. The fourth-order valence-electron chi connectivity index (χ4n) is 9.61. The maximum Gasteiger partial charge on any atom is 0.308 e. The monoisotopic (exact) mass is 548 g/mol. The summed E-state index contributed by atoms with van der Waals surface area (Å²) in [6.07, 6.45) is 7.33. The zero-order chi connectivity index (χ0) is 28.9. The van der Waals surface area contributed by atoms with Crippen LogP contribution in [0, 0.1) is 52.3 Å². The lowest BCUT2D eigenvalue weighted by atomic mass is 9.43. The summed E-state index contributed by atoms with van der Waals surface area (Å²) in [5.74, 6) is 1.38. The van der Waals surface area contributed by atoms with Crippen molar-refractivity contribution in [2.24, 2.45) is 52.3 Å². The van der Waals surface area contributed by atoms with Crippen LogP contribution in [0.1, 0.15) is 120 Å². The van der Waals surface area contributed by atoms with Crippen LogP contribution in [-0.2, 0) is 19.1 Å². The lowest BCUT2D eigenvalue weighted by Gasteiger charge is -2.63. The maximum absolute atomic E-state index is 12.5. The van der Waals surface area contributed by atoms with Crippen LogP contribution in [0.15, 0.2) is 0 Å². The molecule has 6 heteroatoms. The minimum atomic E-state index is -0.473. The molecule has 0 aromatic carbocycles. The van der Waals surface area contributed by atoms with Crippen LogP contribution < -0.4 is 0 Å². The maximum atomic E-state index is 12.5. The number of carbonyl (C=O) groups excluding carboxylic acids is 2. The molecular weight excluding hydrogens is 492 g/mol. The van der Waals surface area contributed by atoms with Crippen molar-refractivity contribution in [3.05, 3.63) is 0 Å². The van der Waals surface area contributed by atoms with Gasteiger partial charge in [0.1, 0.15) is 11.7 Å². The topological polar surface area (TPSA) is 93.1 Å². The Bertz CT molecular complexity index is 895. The zero-order valence-electron chi connectivity index (χ0n) is 25.9. The number of ether oxygens (including phenoxy) is 2. The van der Waals surface area contributed by atoms with E-state index in [-0.39, 0.29) is 58.6 Å². The van der Waals surface area contributed by atoms with E-state index in [0.29, 0.717) is 24.2 Å². The van der Waals surface area contributed by atoms with Crippen LogP contribution >= 0.6 is 0 Å². The highest BCUT2D eigenvalue weighted by molar-refractivity contribution is 5.72. The molecule has 0 bridgehead atoms.